The molecule has 3 rings (SSSR count). The van der Waals surface area contributed by atoms with Gasteiger partial charge in [-0.2, -0.15) is 0 Å². The van der Waals surface area contributed by atoms with Crippen LogP contribution in [0.2, 0.25) is 0 Å². The molecular formula is C14H15NO2. The Labute approximate surface area is 99.7 Å². The summed E-state index contributed by atoms with van der Waals surface area (Å²) in [6, 6.07) is 8.31. The Kier molecular flexibility index (Phi) is 2.21. The topological polar surface area (TPSA) is 42.2 Å². The van der Waals surface area contributed by atoms with Gasteiger partial charge in [0.15, 0.2) is 0 Å². The summed E-state index contributed by atoms with van der Waals surface area (Å²) in [7, 11) is 2.03. The molecule has 0 saturated heterocycles. The van der Waals surface area contributed by atoms with E-state index in [9.17, 15) is 4.79 Å². The lowest BCUT2D eigenvalue weighted by atomic mass is 9.87. The monoisotopic (exact) mass is 229 g/mol. The highest BCUT2D eigenvalue weighted by molar-refractivity contribution is 5.86. The summed E-state index contributed by atoms with van der Waals surface area (Å²) >= 11 is 0. The van der Waals surface area contributed by atoms with Gasteiger partial charge >= 0.3 is 5.97 Å². The van der Waals surface area contributed by atoms with E-state index in [2.05, 4.69) is 16.7 Å². The van der Waals surface area contributed by atoms with Crippen LogP contribution in [0.4, 0.5) is 0 Å². The number of carbonyl (C=O) groups is 1. The number of hydrogen-bond donors (Lipinski definition) is 1. The van der Waals surface area contributed by atoms with Gasteiger partial charge in [0.05, 0.1) is 5.92 Å². The van der Waals surface area contributed by atoms with Crippen molar-refractivity contribution in [2.45, 2.75) is 19.3 Å². The van der Waals surface area contributed by atoms with Crippen molar-refractivity contribution in [1.29, 1.82) is 0 Å². The fraction of sp³-hybridized carbons (Fsp3) is 0.357. The van der Waals surface area contributed by atoms with Crippen molar-refractivity contribution in [2.24, 2.45) is 13.0 Å². The van der Waals surface area contributed by atoms with Crippen LogP contribution in [-0.2, 0) is 24.7 Å². The Hall–Kier alpha value is -1.77. The van der Waals surface area contributed by atoms with Crippen molar-refractivity contribution >= 4 is 16.9 Å². The smallest absolute Gasteiger partial charge is 0.306 e. The summed E-state index contributed by atoms with van der Waals surface area (Å²) in [6.45, 7) is 0. The lowest BCUT2D eigenvalue weighted by Gasteiger charge is -2.20. The first-order valence-corrected chi connectivity index (χ1v) is 5.96. The van der Waals surface area contributed by atoms with E-state index in [1.165, 1.54) is 22.2 Å². The molecule has 0 bridgehead atoms. The molecule has 3 nitrogen and oxygen atoms in total. The second kappa shape index (κ2) is 3.62. The number of carboxylic acid groups (broad SMARTS) is 1. The van der Waals surface area contributed by atoms with Crippen molar-refractivity contribution in [1.82, 2.24) is 4.57 Å². The predicted octanol–water partition coefficient (Wildman–Crippen LogP) is 2.37. The van der Waals surface area contributed by atoms with Crippen LogP contribution >= 0.6 is 0 Å². The molecule has 17 heavy (non-hydrogen) atoms. The van der Waals surface area contributed by atoms with E-state index in [-0.39, 0.29) is 5.92 Å². The third-order valence-electron chi connectivity index (χ3n) is 3.88. The van der Waals surface area contributed by atoms with Gasteiger partial charge in [-0.25, -0.2) is 0 Å². The normalized spacial score (nSPS) is 19.2. The highest BCUT2D eigenvalue weighted by Gasteiger charge is 2.28. The first-order chi connectivity index (χ1) is 8.18. The molecule has 0 fully saturated rings. The Bertz CT molecular complexity index is 598. The molecule has 1 unspecified atom stereocenters. The minimum absolute atomic E-state index is 0.217. The van der Waals surface area contributed by atoms with Crippen molar-refractivity contribution in [2.75, 3.05) is 0 Å². The minimum Gasteiger partial charge on any atom is -0.481 e. The zero-order chi connectivity index (χ0) is 12.0. The zero-order valence-corrected chi connectivity index (χ0v) is 9.81. The molecule has 0 radical (unpaired) electrons. The minimum atomic E-state index is -0.666. The van der Waals surface area contributed by atoms with Gasteiger partial charge < -0.3 is 9.67 Å². The number of para-hydroxylation sites is 1. The Morgan fingerprint density at radius 1 is 1.41 bits per heavy atom. The number of fused-ring (bicyclic) bond motifs is 3. The molecule has 3 heteroatoms. The summed E-state index contributed by atoms with van der Waals surface area (Å²) in [5, 5.41) is 10.4. The van der Waals surface area contributed by atoms with E-state index in [1.807, 2.05) is 19.2 Å². The van der Waals surface area contributed by atoms with Crippen LogP contribution in [0.5, 0.6) is 0 Å². The van der Waals surface area contributed by atoms with Crippen molar-refractivity contribution in [3.05, 3.63) is 35.5 Å². The number of benzene rings is 1. The molecule has 1 aromatic heterocycles. The molecule has 0 saturated carbocycles. The first kappa shape index (κ1) is 10.4. The molecule has 1 N–H and O–H groups in total. The lowest BCUT2D eigenvalue weighted by molar-refractivity contribution is -0.142. The van der Waals surface area contributed by atoms with Crippen molar-refractivity contribution in [3.63, 3.8) is 0 Å². The summed E-state index contributed by atoms with van der Waals surface area (Å²) in [6.07, 6.45) is 2.31. The molecular weight excluding hydrogens is 214 g/mol. The predicted molar refractivity (Wildman–Crippen MR) is 66.1 cm³/mol. The molecule has 0 spiro atoms. The third-order valence-corrected chi connectivity index (χ3v) is 3.88. The first-order valence-electron chi connectivity index (χ1n) is 5.96. The second-order valence-corrected chi connectivity index (χ2v) is 4.78. The maximum absolute atomic E-state index is 11.1. The maximum Gasteiger partial charge on any atom is 0.306 e. The molecule has 1 aromatic carbocycles. The van der Waals surface area contributed by atoms with Gasteiger partial charge in [-0.1, -0.05) is 18.2 Å². The molecule has 1 aliphatic carbocycles. The fourth-order valence-corrected chi connectivity index (χ4v) is 2.93. The Morgan fingerprint density at radius 2 is 2.18 bits per heavy atom. The standard InChI is InChI=1S/C14H15NO2/c1-15-12-5-3-2-4-10(12)11-7-6-9(14(16)17)8-13(11)15/h2-5,9H,6-8H2,1H3,(H,16,17). The van der Waals surface area contributed by atoms with E-state index in [4.69, 9.17) is 5.11 Å². The number of aliphatic carboxylic acids is 1. The van der Waals surface area contributed by atoms with Gasteiger partial charge in [0.1, 0.15) is 0 Å². The number of aryl methyl sites for hydroxylation is 2. The molecule has 1 atom stereocenters. The number of nitrogens with zero attached hydrogens (tertiary/aromatic N) is 1. The van der Waals surface area contributed by atoms with Gasteiger partial charge in [-0.15, -0.1) is 0 Å². The van der Waals surface area contributed by atoms with Crippen molar-refractivity contribution in [3.8, 4) is 0 Å². The largest absolute Gasteiger partial charge is 0.481 e. The van der Waals surface area contributed by atoms with Crippen LogP contribution in [0.25, 0.3) is 10.9 Å². The fourth-order valence-electron chi connectivity index (χ4n) is 2.93. The van der Waals surface area contributed by atoms with E-state index >= 15 is 0 Å². The highest BCUT2D eigenvalue weighted by atomic mass is 16.4. The maximum atomic E-state index is 11.1. The summed E-state index contributed by atoms with van der Waals surface area (Å²) in [5.41, 5.74) is 3.76. The Morgan fingerprint density at radius 3 is 2.94 bits per heavy atom. The molecule has 0 amide bonds. The van der Waals surface area contributed by atoms with E-state index in [0.717, 1.165) is 12.8 Å². The number of hydrogen-bond acceptors (Lipinski definition) is 1. The third kappa shape index (κ3) is 1.46. The zero-order valence-electron chi connectivity index (χ0n) is 9.81. The highest BCUT2D eigenvalue weighted by Crippen LogP contribution is 2.33. The van der Waals surface area contributed by atoms with Gasteiger partial charge in [-0.05, 0) is 24.5 Å². The number of aromatic nitrogens is 1. The second-order valence-electron chi connectivity index (χ2n) is 4.78. The van der Waals surface area contributed by atoms with Crippen LogP contribution in [0.3, 0.4) is 0 Å². The Balaban J connectivity index is 2.17. The lowest BCUT2D eigenvalue weighted by Crippen LogP contribution is -2.23. The van der Waals surface area contributed by atoms with E-state index in [0.29, 0.717) is 6.42 Å². The number of rotatable bonds is 1. The van der Waals surface area contributed by atoms with Crippen LogP contribution in [0.1, 0.15) is 17.7 Å². The molecule has 1 aliphatic rings. The molecule has 0 aliphatic heterocycles. The van der Waals surface area contributed by atoms with Gasteiger partial charge in [0, 0.05) is 30.1 Å². The van der Waals surface area contributed by atoms with E-state index < -0.39 is 5.97 Å². The van der Waals surface area contributed by atoms with Gasteiger partial charge in [0.2, 0.25) is 0 Å². The molecule has 88 valence electrons. The molecule has 1 heterocycles. The van der Waals surface area contributed by atoms with Crippen LogP contribution < -0.4 is 0 Å². The average Bonchev–Trinajstić information content (AvgIpc) is 2.64. The van der Waals surface area contributed by atoms with Gasteiger partial charge in [0.25, 0.3) is 0 Å². The average molecular weight is 229 g/mol. The quantitative estimate of drug-likeness (QED) is 0.815. The van der Waals surface area contributed by atoms with Crippen LogP contribution in [0.15, 0.2) is 24.3 Å². The molecule has 2 aromatic rings. The van der Waals surface area contributed by atoms with E-state index in [1.54, 1.807) is 0 Å². The summed E-state index contributed by atoms with van der Waals surface area (Å²) < 4.78 is 2.15. The summed E-state index contributed by atoms with van der Waals surface area (Å²) in [4.78, 5) is 11.1. The van der Waals surface area contributed by atoms with Crippen LogP contribution in [-0.4, -0.2) is 15.6 Å². The van der Waals surface area contributed by atoms with Gasteiger partial charge in [-0.3, -0.25) is 4.79 Å². The summed E-state index contributed by atoms with van der Waals surface area (Å²) in [5.74, 6) is -0.883. The number of carboxylic acids is 1. The van der Waals surface area contributed by atoms with Crippen LogP contribution in [0, 0.1) is 5.92 Å². The van der Waals surface area contributed by atoms with Crippen molar-refractivity contribution < 1.29 is 9.90 Å². The SMILES string of the molecule is Cn1c2c(c3ccccc31)CCC(C(=O)O)C2.